The van der Waals surface area contributed by atoms with Gasteiger partial charge < -0.3 is 15.6 Å². The van der Waals surface area contributed by atoms with Crippen LogP contribution in [0.4, 0.5) is 13.2 Å². The summed E-state index contributed by atoms with van der Waals surface area (Å²) in [4.78, 5) is 0. The van der Waals surface area contributed by atoms with Gasteiger partial charge in [0.25, 0.3) is 0 Å². The second kappa shape index (κ2) is 6.65. The summed E-state index contributed by atoms with van der Waals surface area (Å²) in [6.45, 7) is 0. The molecular formula is C13H17ClF3NO2. The van der Waals surface area contributed by atoms with Crippen molar-refractivity contribution < 1.29 is 23.0 Å². The van der Waals surface area contributed by atoms with E-state index in [4.69, 9.17) is 5.73 Å². The van der Waals surface area contributed by atoms with E-state index in [9.17, 15) is 18.3 Å². The number of alkyl halides is 3. The predicted molar refractivity (Wildman–Crippen MR) is 70.6 cm³/mol. The second-order valence-electron chi connectivity index (χ2n) is 4.83. The molecule has 2 atom stereocenters. The van der Waals surface area contributed by atoms with E-state index in [0.717, 1.165) is 19.3 Å². The summed E-state index contributed by atoms with van der Waals surface area (Å²) in [7, 11) is 0. The largest absolute Gasteiger partial charge is 0.573 e. The lowest BCUT2D eigenvalue weighted by molar-refractivity contribution is -0.274. The highest BCUT2D eigenvalue weighted by atomic mass is 35.5. The van der Waals surface area contributed by atoms with Gasteiger partial charge >= 0.3 is 6.36 Å². The highest BCUT2D eigenvalue weighted by molar-refractivity contribution is 5.85. The Hall–Kier alpha value is -0.980. The lowest BCUT2D eigenvalue weighted by Crippen LogP contribution is -2.36. The molecule has 114 valence electrons. The molecule has 0 saturated heterocycles. The molecule has 1 aliphatic carbocycles. The Morgan fingerprint density at radius 1 is 1.30 bits per heavy atom. The van der Waals surface area contributed by atoms with Crippen LogP contribution in [-0.2, 0) is 0 Å². The van der Waals surface area contributed by atoms with E-state index in [-0.39, 0.29) is 24.1 Å². The average Bonchev–Trinajstić information content (AvgIpc) is 2.23. The third-order valence-electron chi connectivity index (χ3n) is 3.48. The Bertz CT molecular complexity index is 438. The Labute approximate surface area is 121 Å². The number of ether oxygens (including phenoxy) is 1. The van der Waals surface area contributed by atoms with Crippen molar-refractivity contribution in [1.82, 2.24) is 0 Å². The van der Waals surface area contributed by atoms with Crippen LogP contribution in [0, 0.1) is 5.92 Å². The zero-order valence-corrected chi connectivity index (χ0v) is 11.5. The number of halogens is 4. The van der Waals surface area contributed by atoms with E-state index in [0.29, 0.717) is 5.56 Å². The van der Waals surface area contributed by atoms with Crippen molar-refractivity contribution >= 4 is 12.4 Å². The maximum atomic E-state index is 12.1. The topological polar surface area (TPSA) is 55.5 Å². The molecule has 1 aromatic carbocycles. The van der Waals surface area contributed by atoms with Crippen LogP contribution >= 0.6 is 12.4 Å². The molecule has 0 radical (unpaired) electrons. The minimum Gasteiger partial charge on any atom is -0.406 e. The van der Waals surface area contributed by atoms with Crippen LogP contribution in [0.15, 0.2) is 24.3 Å². The van der Waals surface area contributed by atoms with Crippen molar-refractivity contribution in [3.05, 3.63) is 29.8 Å². The van der Waals surface area contributed by atoms with Crippen LogP contribution in [0.5, 0.6) is 5.75 Å². The molecule has 0 spiro atoms. The van der Waals surface area contributed by atoms with Gasteiger partial charge in [-0.05, 0) is 36.5 Å². The molecule has 0 unspecified atom stereocenters. The van der Waals surface area contributed by atoms with Crippen LogP contribution in [0.1, 0.15) is 30.9 Å². The molecule has 3 N–H and O–H groups in total. The van der Waals surface area contributed by atoms with Crippen molar-refractivity contribution in [2.75, 3.05) is 0 Å². The number of benzene rings is 1. The Morgan fingerprint density at radius 3 is 2.45 bits per heavy atom. The van der Waals surface area contributed by atoms with Gasteiger partial charge in [0.1, 0.15) is 5.75 Å². The summed E-state index contributed by atoms with van der Waals surface area (Å²) in [6, 6.07) is 4.76. The van der Waals surface area contributed by atoms with Crippen LogP contribution in [0.3, 0.4) is 0 Å². The first-order chi connectivity index (χ1) is 8.87. The summed E-state index contributed by atoms with van der Waals surface area (Å²) in [5.41, 5.74) is 6.34. The molecule has 1 aromatic rings. The van der Waals surface area contributed by atoms with Gasteiger partial charge in [-0.1, -0.05) is 18.6 Å². The van der Waals surface area contributed by atoms with Gasteiger partial charge in [-0.15, -0.1) is 25.6 Å². The van der Waals surface area contributed by atoms with E-state index in [1.165, 1.54) is 18.2 Å². The zero-order chi connectivity index (χ0) is 14.0. The van der Waals surface area contributed by atoms with E-state index >= 15 is 0 Å². The highest BCUT2D eigenvalue weighted by Crippen LogP contribution is 2.35. The van der Waals surface area contributed by atoms with Crippen molar-refractivity contribution in [2.45, 2.75) is 37.8 Å². The fourth-order valence-electron chi connectivity index (χ4n) is 2.19. The summed E-state index contributed by atoms with van der Waals surface area (Å²) in [5.74, 6) is -0.177. The zero-order valence-electron chi connectivity index (χ0n) is 10.6. The van der Waals surface area contributed by atoms with Crippen LogP contribution in [0.25, 0.3) is 0 Å². The second-order valence-corrected chi connectivity index (χ2v) is 4.83. The lowest BCUT2D eigenvalue weighted by Gasteiger charge is -2.33. The average molecular weight is 312 g/mol. The molecule has 20 heavy (non-hydrogen) atoms. The minimum absolute atomic E-state index is 0. The summed E-state index contributed by atoms with van der Waals surface area (Å²) < 4.78 is 40.2. The van der Waals surface area contributed by atoms with Gasteiger partial charge in [-0.25, -0.2) is 0 Å². The molecule has 2 rings (SSSR count). The number of hydrogen-bond acceptors (Lipinski definition) is 3. The minimum atomic E-state index is -4.73. The SMILES string of the molecule is Cl.N[C@H](c1cccc(OC(F)(F)F)c1)[C@@H](O)C1CCC1. The van der Waals surface area contributed by atoms with Gasteiger partial charge in [-0.2, -0.15) is 0 Å². The molecule has 0 heterocycles. The maximum absolute atomic E-state index is 12.1. The van der Waals surface area contributed by atoms with Crippen molar-refractivity contribution in [3.8, 4) is 5.75 Å². The van der Waals surface area contributed by atoms with Gasteiger partial charge in [0.2, 0.25) is 0 Å². The number of nitrogens with two attached hydrogens (primary N) is 1. The van der Waals surface area contributed by atoms with Crippen LogP contribution in [-0.4, -0.2) is 17.6 Å². The smallest absolute Gasteiger partial charge is 0.406 e. The maximum Gasteiger partial charge on any atom is 0.573 e. The molecule has 7 heteroatoms. The standard InChI is InChI=1S/C13H16F3NO2.ClH/c14-13(15,16)19-10-6-2-5-9(7-10)11(17)12(18)8-3-1-4-8;/h2,5-8,11-12,18H,1,3-4,17H2;1H/t11-,12+;/m1./s1. The molecule has 1 saturated carbocycles. The van der Waals surface area contributed by atoms with Crippen LogP contribution < -0.4 is 10.5 Å². The van der Waals surface area contributed by atoms with Gasteiger partial charge in [0.15, 0.2) is 0 Å². The first-order valence-electron chi connectivity index (χ1n) is 6.16. The Kier molecular flexibility index (Phi) is 5.68. The molecular weight excluding hydrogens is 295 g/mol. The van der Waals surface area contributed by atoms with E-state index in [1.54, 1.807) is 6.07 Å². The van der Waals surface area contributed by atoms with Crippen LogP contribution in [0.2, 0.25) is 0 Å². The van der Waals surface area contributed by atoms with Crippen molar-refractivity contribution in [2.24, 2.45) is 11.7 Å². The Morgan fingerprint density at radius 2 is 1.95 bits per heavy atom. The van der Waals surface area contributed by atoms with Gasteiger partial charge in [0.05, 0.1) is 12.1 Å². The summed E-state index contributed by atoms with van der Waals surface area (Å²) >= 11 is 0. The molecule has 0 bridgehead atoms. The third-order valence-corrected chi connectivity index (χ3v) is 3.48. The fraction of sp³-hybridized carbons (Fsp3) is 0.538. The fourth-order valence-corrected chi connectivity index (χ4v) is 2.19. The Balaban J connectivity index is 0.00000200. The van der Waals surface area contributed by atoms with Crippen molar-refractivity contribution in [1.29, 1.82) is 0 Å². The number of aliphatic hydroxyl groups excluding tert-OH is 1. The van der Waals surface area contributed by atoms with Crippen molar-refractivity contribution in [3.63, 3.8) is 0 Å². The van der Waals surface area contributed by atoms with E-state index < -0.39 is 18.5 Å². The molecule has 3 nitrogen and oxygen atoms in total. The van der Waals surface area contributed by atoms with Gasteiger partial charge in [-0.3, -0.25) is 0 Å². The number of aliphatic hydroxyl groups is 1. The number of hydrogen-bond donors (Lipinski definition) is 2. The van der Waals surface area contributed by atoms with Gasteiger partial charge in [0, 0.05) is 0 Å². The quantitative estimate of drug-likeness (QED) is 0.898. The first-order valence-corrected chi connectivity index (χ1v) is 6.16. The molecule has 0 amide bonds. The van der Waals surface area contributed by atoms with E-state index in [2.05, 4.69) is 4.74 Å². The highest BCUT2D eigenvalue weighted by Gasteiger charge is 2.33. The normalized spacial score (nSPS) is 18.6. The summed E-state index contributed by atoms with van der Waals surface area (Å²) in [5, 5.41) is 10.0. The first kappa shape index (κ1) is 17.1. The molecule has 0 aliphatic heterocycles. The molecule has 1 fully saturated rings. The lowest BCUT2D eigenvalue weighted by atomic mass is 9.77. The monoisotopic (exact) mass is 311 g/mol. The predicted octanol–water partition coefficient (Wildman–Crippen LogP) is 3.17. The van der Waals surface area contributed by atoms with E-state index in [1.807, 2.05) is 0 Å². The molecule has 0 aromatic heterocycles. The molecule has 1 aliphatic rings. The number of rotatable bonds is 4. The third kappa shape index (κ3) is 4.26. The summed E-state index contributed by atoms with van der Waals surface area (Å²) in [6.07, 6.45) is -2.57.